The van der Waals surface area contributed by atoms with Gasteiger partial charge in [-0.25, -0.2) is 4.98 Å². The normalized spacial score (nSPS) is 18.4. The van der Waals surface area contributed by atoms with Crippen LogP contribution in [0.1, 0.15) is 30.5 Å². The summed E-state index contributed by atoms with van der Waals surface area (Å²) in [5, 5.41) is 10.3. The van der Waals surface area contributed by atoms with Crippen molar-refractivity contribution < 1.29 is 19.4 Å². The van der Waals surface area contributed by atoms with E-state index in [1.807, 2.05) is 31.3 Å². The van der Waals surface area contributed by atoms with Gasteiger partial charge >= 0.3 is 5.97 Å². The average molecular weight is 510 g/mol. The third-order valence-corrected chi connectivity index (χ3v) is 7.73. The van der Waals surface area contributed by atoms with Gasteiger partial charge in [-0.3, -0.25) is 9.69 Å². The highest BCUT2D eigenvalue weighted by molar-refractivity contribution is 7.18. The number of ether oxygens (including phenoxy) is 2. The number of aromatic nitrogens is 1. The molecule has 1 aliphatic rings. The lowest BCUT2D eigenvalue weighted by molar-refractivity contribution is -0.136. The zero-order valence-electron chi connectivity index (χ0n) is 21.4. The summed E-state index contributed by atoms with van der Waals surface area (Å²) in [6.45, 7) is 10.2. The van der Waals surface area contributed by atoms with E-state index >= 15 is 0 Å². The first-order valence-corrected chi connectivity index (χ1v) is 13.1. The minimum Gasteiger partial charge on any atom is -0.492 e. The maximum atomic E-state index is 11.2. The first-order chi connectivity index (χ1) is 17.4. The summed E-state index contributed by atoms with van der Waals surface area (Å²) in [7, 11) is 1.71. The predicted molar refractivity (Wildman–Crippen MR) is 144 cm³/mol. The molecule has 1 N–H and O–H groups in total. The number of methoxy groups -OCH3 is 1. The molecule has 3 aromatic rings. The van der Waals surface area contributed by atoms with E-state index in [1.54, 1.807) is 18.4 Å². The topological polar surface area (TPSA) is 75.1 Å². The van der Waals surface area contributed by atoms with Gasteiger partial charge in [-0.1, -0.05) is 47.7 Å². The molecule has 0 bridgehead atoms. The van der Waals surface area contributed by atoms with Gasteiger partial charge in [0.2, 0.25) is 0 Å². The number of hydrogen-bond donors (Lipinski definition) is 1. The van der Waals surface area contributed by atoms with E-state index in [0.29, 0.717) is 31.0 Å². The van der Waals surface area contributed by atoms with Crippen molar-refractivity contribution in [2.24, 2.45) is 0 Å². The smallest absolute Gasteiger partial charge is 0.307 e. The van der Waals surface area contributed by atoms with Crippen molar-refractivity contribution in [2.45, 2.75) is 45.9 Å². The molecule has 0 unspecified atom stereocenters. The summed E-state index contributed by atoms with van der Waals surface area (Å²) in [6, 6.07) is 14.8. The van der Waals surface area contributed by atoms with Gasteiger partial charge in [0.25, 0.3) is 0 Å². The Balaban J connectivity index is 1.36. The van der Waals surface area contributed by atoms with E-state index in [-0.39, 0.29) is 6.42 Å². The SMILES string of the molecule is COCc1cccc(-c2cnc(N3C[C@@H](C)N(CCOc4c(C)cccc4CC(=O)O)[C@@H](C)C3)s2)c1. The minimum atomic E-state index is -0.850. The highest BCUT2D eigenvalue weighted by Gasteiger charge is 2.30. The molecule has 2 heterocycles. The Kier molecular flexibility index (Phi) is 8.61. The molecule has 1 fully saturated rings. The number of aliphatic carboxylic acids is 1. The summed E-state index contributed by atoms with van der Waals surface area (Å²) >= 11 is 1.73. The molecule has 4 rings (SSSR count). The van der Waals surface area contributed by atoms with Crippen LogP contribution in [-0.4, -0.2) is 66.4 Å². The minimum absolute atomic E-state index is 0.0328. The van der Waals surface area contributed by atoms with Gasteiger partial charge in [-0.05, 0) is 43.5 Å². The second kappa shape index (κ2) is 11.9. The van der Waals surface area contributed by atoms with Crippen LogP contribution in [-0.2, 0) is 22.6 Å². The second-order valence-electron chi connectivity index (χ2n) is 9.46. The molecule has 0 spiro atoms. The summed E-state index contributed by atoms with van der Waals surface area (Å²) in [4.78, 5) is 22.0. The summed E-state index contributed by atoms with van der Waals surface area (Å²) in [6.07, 6.45) is 1.94. The number of anilines is 1. The summed E-state index contributed by atoms with van der Waals surface area (Å²) in [5.74, 6) is -0.152. The van der Waals surface area contributed by atoms with E-state index in [2.05, 4.69) is 47.9 Å². The Labute approximate surface area is 217 Å². The van der Waals surface area contributed by atoms with Gasteiger partial charge in [-0.15, -0.1) is 0 Å². The van der Waals surface area contributed by atoms with Gasteiger partial charge in [-0.2, -0.15) is 0 Å². The van der Waals surface area contributed by atoms with E-state index < -0.39 is 5.97 Å². The van der Waals surface area contributed by atoms with Crippen LogP contribution in [0.2, 0.25) is 0 Å². The fourth-order valence-corrected chi connectivity index (χ4v) is 5.88. The molecule has 0 radical (unpaired) electrons. The van der Waals surface area contributed by atoms with Crippen molar-refractivity contribution in [3.8, 4) is 16.2 Å². The lowest BCUT2D eigenvalue weighted by Crippen LogP contribution is -2.57. The molecular weight excluding hydrogens is 474 g/mol. The molecule has 192 valence electrons. The monoisotopic (exact) mass is 509 g/mol. The lowest BCUT2D eigenvalue weighted by Gasteiger charge is -2.44. The standard InChI is InChI=1S/C28H35N3O4S/c1-19-7-5-10-24(14-26(32)33)27(19)35-12-11-31-20(2)16-30(17-21(31)3)28-29-15-25(36-28)23-9-6-8-22(13-23)18-34-4/h5-10,13,15,20-21H,11-12,14,16-18H2,1-4H3,(H,32,33)/t20-,21+. The highest BCUT2D eigenvalue weighted by Crippen LogP contribution is 2.33. The van der Waals surface area contributed by atoms with Crippen molar-refractivity contribution in [3.63, 3.8) is 0 Å². The molecule has 2 aromatic carbocycles. The molecule has 36 heavy (non-hydrogen) atoms. The fraction of sp³-hybridized carbons (Fsp3) is 0.429. The molecule has 7 nitrogen and oxygen atoms in total. The number of nitrogens with zero attached hydrogens (tertiary/aromatic N) is 3. The van der Waals surface area contributed by atoms with Crippen LogP contribution in [0.5, 0.6) is 5.75 Å². The van der Waals surface area contributed by atoms with Gasteiger partial charge in [0, 0.05) is 50.6 Å². The maximum absolute atomic E-state index is 11.2. The van der Waals surface area contributed by atoms with E-state index in [4.69, 9.17) is 14.5 Å². The molecule has 0 amide bonds. The number of thiazole rings is 1. The Morgan fingerprint density at radius 2 is 1.92 bits per heavy atom. The number of hydrogen-bond acceptors (Lipinski definition) is 7. The fourth-order valence-electron chi connectivity index (χ4n) is 4.95. The maximum Gasteiger partial charge on any atom is 0.307 e. The van der Waals surface area contributed by atoms with Gasteiger partial charge in [0.05, 0.1) is 17.9 Å². The number of carboxylic acids is 1. The van der Waals surface area contributed by atoms with Crippen molar-refractivity contribution in [2.75, 3.05) is 38.3 Å². The lowest BCUT2D eigenvalue weighted by atomic mass is 10.1. The van der Waals surface area contributed by atoms with E-state index in [9.17, 15) is 9.90 Å². The van der Waals surface area contributed by atoms with Crippen molar-refractivity contribution >= 4 is 22.4 Å². The van der Waals surface area contributed by atoms with Crippen LogP contribution in [0, 0.1) is 6.92 Å². The first kappa shape index (κ1) is 26.1. The third kappa shape index (κ3) is 6.24. The molecule has 1 aromatic heterocycles. The van der Waals surface area contributed by atoms with Crippen LogP contribution in [0.25, 0.3) is 10.4 Å². The van der Waals surface area contributed by atoms with Crippen LogP contribution in [0.15, 0.2) is 48.7 Å². The second-order valence-corrected chi connectivity index (χ2v) is 10.5. The van der Waals surface area contributed by atoms with Crippen molar-refractivity contribution in [1.82, 2.24) is 9.88 Å². The van der Waals surface area contributed by atoms with Crippen LogP contribution in [0.3, 0.4) is 0 Å². The first-order valence-electron chi connectivity index (χ1n) is 12.3. The van der Waals surface area contributed by atoms with Crippen molar-refractivity contribution in [1.29, 1.82) is 0 Å². The molecule has 8 heteroatoms. The largest absolute Gasteiger partial charge is 0.492 e. The number of carbonyl (C=O) groups is 1. The zero-order valence-corrected chi connectivity index (χ0v) is 22.3. The number of aryl methyl sites for hydroxylation is 1. The van der Waals surface area contributed by atoms with Crippen LogP contribution < -0.4 is 9.64 Å². The summed E-state index contributed by atoms with van der Waals surface area (Å²) < 4.78 is 11.4. The average Bonchev–Trinajstić information content (AvgIpc) is 3.33. The van der Waals surface area contributed by atoms with Gasteiger partial charge in [0.15, 0.2) is 5.13 Å². The number of carboxylic acid groups (broad SMARTS) is 1. The number of para-hydroxylation sites is 1. The van der Waals surface area contributed by atoms with Gasteiger partial charge < -0.3 is 19.5 Å². The Morgan fingerprint density at radius 3 is 2.64 bits per heavy atom. The summed E-state index contributed by atoms with van der Waals surface area (Å²) in [5.41, 5.74) is 4.01. The third-order valence-electron chi connectivity index (χ3n) is 6.62. The molecule has 2 atom stereocenters. The predicted octanol–water partition coefficient (Wildman–Crippen LogP) is 4.87. The van der Waals surface area contributed by atoms with Gasteiger partial charge in [0.1, 0.15) is 12.4 Å². The Morgan fingerprint density at radius 1 is 1.17 bits per heavy atom. The number of rotatable bonds is 10. The molecular formula is C28H35N3O4S. The molecule has 0 saturated carbocycles. The Bertz CT molecular complexity index is 1170. The van der Waals surface area contributed by atoms with Crippen LogP contribution >= 0.6 is 11.3 Å². The van der Waals surface area contributed by atoms with E-state index in [1.165, 1.54) is 5.56 Å². The molecule has 1 aliphatic heterocycles. The number of piperazine rings is 1. The zero-order chi connectivity index (χ0) is 25.7. The number of benzene rings is 2. The Hall–Kier alpha value is -2.94. The van der Waals surface area contributed by atoms with Crippen LogP contribution in [0.4, 0.5) is 5.13 Å². The molecule has 1 saturated heterocycles. The van der Waals surface area contributed by atoms with E-state index in [0.717, 1.165) is 46.3 Å². The quantitative estimate of drug-likeness (QED) is 0.418. The highest BCUT2D eigenvalue weighted by atomic mass is 32.1. The molecule has 0 aliphatic carbocycles. The van der Waals surface area contributed by atoms with Crippen molar-refractivity contribution in [3.05, 3.63) is 65.4 Å².